The van der Waals surface area contributed by atoms with Crippen molar-refractivity contribution in [1.82, 2.24) is 0 Å². The molecule has 0 amide bonds. The standard InChI is InChI=1S/C6H11Cl3O3S/c1-5(2,3)13(10,11)12-4-6(7,8)9/h4H2,1-3H3. The summed E-state index contributed by atoms with van der Waals surface area (Å²) in [7, 11) is -3.68. The van der Waals surface area contributed by atoms with Crippen LogP contribution >= 0.6 is 34.8 Å². The lowest BCUT2D eigenvalue weighted by molar-refractivity contribution is 0.311. The van der Waals surface area contributed by atoms with Crippen LogP contribution in [0.3, 0.4) is 0 Å². The van der Waals surface area contributed by atoms with E-state index < -0.39 is 25.3 Å². The SMILES string of the molecule is CC(C)(C)S(=O)(=O)OCC(Cl)(Cl)Cl. The van der Waals surface area contributed by atoms with Crippen molar-refractivity contribution in [2.75, 3.05) is 6.61 Å². The van der Waals surface area contributed by atoms with E-state index in [-0.39, 0.29) is 0 Å². The van der Waals surface area contributed by atoms with E-state index in [9.17, 15) is 8.42 Å². The summed E-state index contributed by atoms with van der Waals surface area (Å²) in [5.41, 5.74) is 0. The van der Waals surface area contributed by atoms with E-state index in [1.807, 2.05) is 0 Å². The van der Waals surface area contributed by atoms with Gasteiger partial charge < -0.3 is 0 Å². The largest absolute Gasteiger partial charge is 0.272 e. The van der Waals surface area contributed by atoms with Crippen LogP contribution in [-0.2, 0) is 14.3 Å². The van der Waals surface area contributed by atoms with E-state index in [4.69, 9.17) is 34.8 Å². The number of hydrogen-bond acceptors (Lipinski definition) is 3. The molecule has 0 bridgehead atoms. The fraction of sp³-hybridized carbons (Fsp3) is 1.00. The van der Waals surface area contributed by atoms with Crippen molar-refractivity contribution in [3.63, 3.8) is 0 Å². The highest BCUT2D eigenvalue weighted by molar-refractivity contribution is 7.88. The predicted octanol–water partition coefficient (Wildman–Crippen LogP) is 2.50. The molecule has 0 unspecified atom stereocenters. The molecule has 0 saturated heterocycles. The Balaban J connectivity index is 4.40. The Bertz CT molecular complexity index is 260. The van der Waals surface area contributed by atoms with E-state index in [1.54, 1.807) is 0 Å². The lowest BCUT2D eigenvalue weighted by Crippen LogP contribution is -2.32. The van der Waals surface area contributed by atoms with Gasteiger partial charge in [0.05, 0.1) is 4.75 Å². The van der Waals surface area contributed by atoms with Gasteiger partial charge in [-0.1, -0.05) is 34.8 Å². The van der Waals surface area contributed by atoms with Gasteiger partial charge in [0.25, 0.3) is 10.1 Å². The quantitative estimate of drug-likeness (QED) is 0.571. The van der Waals surface area contributed by atoms with E-state index in [2.05, 4.69) is 4.18 Å². The van der Waals surface area contributed by atoms with Crippen molar-refractivity contribution < 1.29 is 12.6 Å². The molecule has 80 valence electrons. The van der Waals surface area contributed by atoms with Crippen LogP contribution in [0.1, 0.15) is 20.8 Å². The maximum absolute atomic E-state index is 11.3. The van der Waals surface area contributed by atoms with Gasteiger partial charge >= 0.3 is 0 Å². The summed E-state index contributed by atoms with van der Waals surface area (Å²) in [5, 5.41) is 0. The van der Waals surface area contributed by atoms with Crippen molar-refractivity contribution >= 4 is 44.9 Å². The molecule has 0 aliphatic rings. The predicted molar refractivity (Wildman–Crippen MR) is 54.9 cm³/mol. The van der Waals surface area contributed by atoms with Gasteiger partial charge in [0.1, 0.15) is 6.61 Å². The molecule has 7 heteroatoms. The first kappa shape index (κ1) is 13.8. The van der Waals surface area contributed by atoms with Crippen LogP contribution in [0.4, 0.5) is 0 Å². The van der Waals surface area contributed by atoms with Crippen molar-refractivity contribution in [3.05, 3.63) is 0 Å². The van der Waals surface area contributed by atoms with Gasteiger partial charge in [0.2, 0.25) is 3.79 Å². The summed E-state index contributed by atoms with van der Waals surface area (Å²) in [5.74, 6) is 0. The second-order valence-electron chi connectivity index (χ2n) is 3.44. The average Bonchev–Trinajstić information content (AvgIpc) is 1.79. The molecule has 0 N–H and O–H groups in total. The monoisotopic (exact) mass is 268 g/mol. The molecule has 0 aliphatic heterocycles. The molecule has 0 heterocycles. The molecule has 0 fully saturated rings. The van der Waals surface area contributed by atoms with Gasteiger partial charge in [0, 0.05) is 0 Å². The Kier molecular flexibility index (Phi) is 4.35. The molecule has 0 radical (unpaired) electrons. The van der Waals surface area contributed by atoms with E-state index in [0.29, 0.717) is 0 Å². The first-order valence-corrected chi connectivity index (χ1v) is 5.96. The van der Waals surface area contributed by atoms with Crippen LogP contribution in [0.25, 0.3) is 0 Å². The number of hydrogen-bond donors (Lipinski definition) is 0. The van der Waals surface area contributed by atoms with Crippen molar-refractivity contribution in [2.45, 2.75) is 29.3 Å². The van der Waals surface area contributed by atoms with Crippen molar-refractivity contribution in [1.29, 1.82) is 0 Å². The van der Waals surface area contributed by atoms with Crippen LogP contribution in [0.15, 0.2) is 0 Å². The van der Waals surface area contributed by atoms with Crippen molar-refractivity contribution in [3.8, 4) is 0 Å². The zero-order chi connectivity index (χ0) is 10.9. The van der Waals surface area contributed by atoms with Crippen LogP contribution in [0.5, 0.6) is 0 Å². The highest BCUT2D eigenvalue weighted by Gasteiger charge is 2.33. The Morgan fingerprint density at radius 2 is 1.54 bits per heavy atom. The van der Waals surface area contributed by atoms with Crippen LogP contribution in [0, 0.1) is 0 Å². The first-order chi connectivity index (χ1) is 5.46. The summed E-state index contributed by atoms with van der Waals surface area (Å²) in [4.78, 5) is 0. The topological polar surface area (TPSA) is 43.4 Å². The summed E-state index contributed by atoms with van der Waals surface area (Å²) in [6.45, 7) is 4.03. The summed E-state index contributed by atoms with van der Waals surface area (Å²) in [6, 6.07) is 0. The minimum absolute atomic E-state index is 0.475. The Morgan fingerprint density at radius 3 is 1.77 bits per heavy atom. The van der Waals surface area contributed by atoms with Crippen LogP contribution in [0.2, 0.25) is 0 Å². The Labute approximate surface area is 93.4 Å². The normalized spacial score (nSPS) is 14.6. The Hall–Kier alpha value is 0.780. The van der Waals surface area contributed by atoms with E-state index in [1.165, 1.54) is 20.8 Å². The Morgan fingerprint density at radius 1 is 1.15 bits per heavy atom. The minimum atomic E-state index is -3.68. The lowest BCUT2D eigenvalue weighted by Gasteiger charge is -2.20. The van der Waals surface area contributed by atoms with Crippen LogP contribution < -0.4 is 0 Å². The second-order valence-corrected chi connectivity index (χ2v) is 8.33. The first-order valence-electron chi connectivity index (χ1n) is 3.41. The maximum Gasteiger partial charge on any atom is 0.272 e. The van der Waals surface area contributed by atoms with Gasteiger partial charge in [-0.05, 0) is 20.8 Å². The number of halogens is 3. The highest BCUT2D eigenvalue weighted by Crippen LogP contribution is 2.28. The molecule has 0 atom stereocenters. The molecule has 13 heavy (non-hydrogen) atoms. The summed E-state index contributed by atoms with van der Waals surface area (Å²) in [6.07, 6.45) is 0. The molecular formula is C6H11Cl3O3S. The fourth-order valence-electron chi connectivity index (χ4n) is 0.321. The average molecular weight is 270 g/mol. The molecule has 0 spiro atoms. The third kappa shape index (κ3) is 5.27. The molecule has 0 aromatic heterocycles. The van der Waals surface area contributed by atoms with Crippen molar-refractivity contribution in [2.24, 2.45) is 0 Å². The summed E-state index contributed by atoms with van der Waals surface area (Å²) >= 11 is 16.0. The maximum atomic E-state index is 11.3. The van der Waals surface area contributed by atoms with Crippen LogP contribution in [-0.4, -0.2) is 23.6 Å². The minimum Gasteiger partial charge on any atom is -0.265 e. The summed E-state index contributed by atoms with van der Waals surface area (Å²) < 4.78 is 24.4. The van der Waals surface area contributed by atoms with Gasteiger partial charge in [-0.25, -0.2) is 0 Å². The number of rotatable bonds is 2. The molecule has 3 nitrogen and oxygen atoms in total. The molecule has 0 rings (SSSR count). The third-order valence-corrected chi connectivity index (χ3v) is 3.38. The lowest BCUT2D eigenvalue weighted by atomic mass is 10.3. The van der Waals surface area contributed by atoms with E-state index in [0.717, 1.165) is 0 Å². The smallest absolute Gasteiger partial charge is 0.265 e. The zero-order valence-electron chi connectivity index (χ0n) is 7.47. The number of alkyl halides is 3. The van der Waals surface area contributed by atoms with Gasteiger partial charge in [-0.2, -0.15) is 8.42 Å². The van der Waals surface area contributed by atoms with Gasteiger partial charge in [-0.3, -0.25) is 4.18 Å². The molecular weight excluding hydrogens is 258 g/mol. The zero-order valence-corrected chi connectivity index (χ0v) is 10.6. The van der Waals surface area contributed by atoms with Gasteiger partial charge in [-0.15, -0.1) is 0 Å². The van der Waals surface area contributed by atoms with E-state index >= 15 is 0 Å². The molecule has 0 aromatic carbocycles. The third-order valence-electron chi connectivity index (χ3n) is 1.13. The molecule has 0 aromatic rings. The second kappa shape index (κ2) is 4.11. The fourth-order valence-corrected chi connectivity index (χ4v) is 1.36. The highest BCUT2D eigenvalue weighted by atomic mass is 35.6. The molecule has 0 aliphatic carbocycles. The van der Waals surface area contributed by atoms with Gasteiger partial charge in [0.15, 0.2) is 0 Å². The molecule has 0 saturated carbocycles.